The van der Waals surface area contributed by atoms with E-state index in [9.17, 15) is 0 Å². The van der Waals surface area contributed by atoms with Crippen molar-refractivity contribution in [2.75, 3.05) is 13.1 Å². The third-order valence-electron chi connectivity index (χ3n) is 3.32. The lowest BCUT2D eigenvalue weighted by Crippen LogP contribution is -2.29. The van der Waals surface area contributed by atoms with Gasteiger partial charge in [-0.25, -0.2) is 0 Å². The molecule has 2 N–H and O–H groups in total. The van der Waals surface area contributed by atoms with Crippen molar-refractivity contribution >= 4 is 34.0 Å². The second-order valence-electron chi connectivity index (χ2n) is 4.25. The van der Waals surface area contributed by atoms with Gasteiger partial charge in [0.1, 0.15) is 0 Å². The Bertz CT molecular complexity index is 356. The molecule has 0 saturated carbocycles. The van der Waals surface area contributed by atoms with Crippen molar-refractivity contribution in [2.45, 2.75) is 25.7 Å². The molecule has 0 aromatic carbocycles. The molecule has 0 radical (unpaired) electrons. The lowest BCUT2D eigenvalue weighted by Gasteiger charge is -2.30. The molecule has 0 aromatic heterocycles. The quantitative estimate of drug-likeness (QED) is 0.702. The third-order valence-corrected chi connectivity index (χ3v) is 3.32. The number of nitrogens with one attached hydrogen (secondary N) is 2. The highest BCUT2D eigenvalue weighted by Gasteiger charge is 2.21. The zero-order chi connectivity index (χ0) is 9.38. The monoisotopic (exact) mass is 348 g/mol. The molecular weight excluding hydrogens is 332 g/mol. The number of rotatable bonds is 0. The van der Waals surface area contributed by atoms with Crippen LogP contribution < -0.4 is 10.6 Å². The van der Waals surface area contributed by atoms with Gasteiger partial charge >= 0.3 is 0 Å². The van der Waals surface area contributed by atoms with Gasteiger partial charge in [-0.3, -0.25) is 0 Å². The van der Waals surface area contributed by atoms with Gasteiger partial charge in [-0.05, 0) is 24.0 Å². The van der Waals surface area contributed by atoms with E-state index in [1.54, 1.807) is 5.57 Å². The minimum absolute atomic E-state index is 0. The minimum atomic E-state index is 0. The molecule has 0 saturated heterocycles. The molecule has 0 spiro atoms. The molecule has 2 nitrogen and oxygen atoms in total. The molecule has 2 heterocycles. The van der Waals surface area contributed by atoms with Crippen molar-refractivity contribution in [1.82, 2.24) is 10.6 Å². The van der Waals surface area contributed by atoms with E-state index in [1.165, 1.54) is 36.4 Å². The van der Waals surface area contributed by atoms with Crippen molar-refractivity contribution in [3.63, 3.8) is 0 Å². The number of dihydropyridines is 1. The Hall–Kier alpha value is -0.220. The van der Waals surface area contributed by atoms with E-state index in [0.717, 1.165) is 19.4 Å². The Morgan fingerprint density at radius 2 is 1.88 bits per heavy atom. The molecule has 4 heteroatoms. The maximum Gasteiger partial charge on any atom is 0.0331 e. The molecule has 0 aromatic rings. The highest BCUT2D eigenvalue weighted by atomic mass is 79.9. The van der Waals surface area contributed by atoms with Crippen LogP contribution in [-0.2, 0) is 0 Å². The zero-order valence-corrected chi connectivity index (χ0v) is 12.6. The van der Waals surface area contributed by atoms with Crippen LogP contribution in [0.2, 0.25) is 0 Å². The minimum Gasteiger partial charge on any atom is -0.388 e. The lowest BCUT2D eigenvalue weighted by atomic mass is 9.87. The number of halogens is 2. The van der Waals surface area contributed by atoms with Crippen LogP contribution in [0.3, 0.4) is 0 Å². The average molecular weight is 350 g/mol. The first kappa shape index (κ1) is 13.8. The van der Waals surface area contributed by atoms with Crippen LogP contribution in [0, 0.1) is 0 Å². The fraction of sp³-hybridized carbons (Fsp3) is 0.500. The maximum absolute atomic E-state index is 3.54. The number of hydrogen-bond donors (Lipinski definition) is 2. The first-order valence-corrected chi connectivity index (χ1v) is 5.51. The van der Waals surface area contributed by atoms with Crippen molar-refractivity contribution in [2.24, 2.45) is 0 Å². The van der Waals surface area contributed by atoms with Crippen molar-refractivity contribution < 1.29 is 0 Å². The largest absolute Gasteiger partial charge is 0.388 e. The SMILES string of the molecule is Br.Br.C1=CC2=C(CC3=C(C2)NCCC3)NC1. The average Bonchev–Trinajstić information content (AvgIpc) is 2.26. The first-order chi connectivity index (χ1) is 6.93. The summed E-state index contributed by atoms with van der Waals surface area (Å²) in [6, 6.07) is 0. The molecule has 0 amide bonds. The lowest BCUT2D eigenvalue weighted by molar-refractivity contribution is 0.608. The fourth-order valence-electron chi connectivity index (χ4n) is 2.54. The summed E-state index contributed by atoms with van der Waals surface area (Å²) >= 11 is 0. The zero-order valence-electron chi connectivity index (χ0n) is 9.21. The highest BCUT2D eigenvalue weighted by Crippen LogP contribution is 2.33. The van der Waals surface area contributed by atoms with Crippen LogP contribution in [0.15, 0.2) is 34.7 Å². The van der Waals surface area contributed by atoms with Gasteiger partial charge in [0.2, 0.25) is 0 Å². The maximum atomic E-state index is 3.54. The van der Waals surface area contributed by atoms with Crippen LogP contribution in [-0.4, -0.2) is 13.1 Å². The second kappa shape index (κ2) is 5.92. The summed E-state index contributed by atoms with van der Waals surface area (Å²) in [7, 11) is 0. The molecule has 3 aliphatic rings. The summed E-state index contributed by atoms with van der Waals surface area (Å²) in [6.07, 6.45) is 9.37. The van der Waals surface area contributed by atoms with E-state index in [1.807, 2.05) is 0 Å². The van der Waals surface area contributed by atoms with Gasteiger partial charge in [0.05, 0.1) is 0 Å². The van der Waals surface area contributed by atoms with Gasteiger partial charge in [0.15, 0.2) is 0 Å². The molecule has 3 rings (SSSR count). The molecule has 1 aliphatic carbocycles. The Kier molecular flexibility index (Phi) is 5.12. The number of allylic oxidation sites excluding steroid dienone is 3. The van der Waals surface area contributed by atoms with E-state index in [0.29, 0.717) is 0 Å². The predicted octanol–water partition coefficient (Wildman–Crippen LogP) is 2.99. The summed E-state index contributed by atoms with van der Waals surface area (Å²) in [4.78, 5) is 0. The second-order valence-corrected chi connectivity index (χ2v) is 4.25. The molecule has 90 valence electrons. The van der Waals surface area contributed by atoms with E-state index < -0.39 is 0 Å². The van der Waals surface area contributed by atoms with Gasteiger partial charge in [-0.15, -0.1) is 34.0 Å². The van der Waals surface area contributed by atoms with Gasteiger partial charge in [0, 0.05) is 37.3 Å². The summed E-state index contributed by atoms with van der Waals surface area (Å²) in [6.45, 7) is 2.17. The summed E-state index contributed by atoms with van der Waals surface area (Å²) < 4.78 is 0. The van der Waals surface area contributed by atoms with Crippen LogP contribution in [0.25, 0.3) is 0 Å². The van der Waals surface area contributed by atoms with E-state index in [4.69, 9.17) is 0 Å². The smallest absolute Gasteiger partial charge is 0.0331 e. The molecule has 0 fully saturated rings. The third kappa shape index (κ3) is 2.54. The molecule has 16 heavy (non-hydrogen) atoms. The summed E-state index contributed by atoms with van der Waals surface area (Å²) in [5.74, 6) is 0. The van der Waals surface area contributed by atoms with Gasteiger partial charge in [-0.1, -0.05) is 12.2 Å². The van der Waals surface area contributed by atoms with E-state index >= 15 is 0 Å². The summed E-state index contributed by atoms with van der Waals surface area (Å²) in [5, 5.41) is 7.02. The van der Waals surface area contributed by atoms with Crippen LogP contribution in [0.1, 0.15) is 25.7 Å². The Labute approximate surface area is 118 Å². The number of hydrogen-bond acceptors (Lipinski definition) is 2. The van der Waals surface area contributed by atoms with Crippen LogP contribution in [0.5, 0.6) is 0 Å². The van der Waals surface area contributed by atoms with E-state index in [2.05, 4.69) is 22.8 Å². The molecule has 0 atom stereocenters. The van der Waals surface area contributed by atoms with Gasteiger partial charge < -0.3 is 10.6 Å². The molecular formula is C12H18Br2N2. The van der Waals surface area contributed by atoms with Crippen LogP contribution in [0.4, 0.5) is 0 Å². The molecule has 0 bridgehead atoms. The van der Waals surface area contributed by atoms with Gasteiger partial charge in [-0.2, -0.15) is 0 Å². The molecule has 2 aliphatic heterocycles. The van der Waals surface area contributed by atoms with Crippen molar-refractivity contribution in [3.8, 4) is 0 Å². The Morgan fingerprint density at radius 3 is 2.75 bits per heavy atom. The molecule has 0 unspecified atom stereocenters. The van der Waals surface area contributed by atoms with Crippen molar-refractivity contribution in [3.05, 3.63) is 34.7 Å². The Morgan fingerprint density at radius 1 is 1.00 bits per heavy atom. The highest BCUT2D eigenvalue weighted by molar-refractivity contribution is 8.93. The van der Waals surface area contributed by atoms with E-state index in [-0.39, 0.29) is 34.0 Å². The topological polar surface area (TPSA) is 24.1 Å². The van der Waals surface area contributed by atoms with Crippen LogP contribution >= 0.6 is 34.0 Å². The Balaban J connectivity index is 0.000000640. The summed E-state index contributed by atoms with van der Waals surface area (Å²) in [5.41, 5.74) is 6.10. The normalized spacial score (nSPS) is 22.0. The van der Waals surface area contributed by atoms with Gasteiger partial charge in [0.25, 0.3) is 0 Å². The first-order valence-electron chi connectivity index (χ1n) is 5.51. The fourth-order valence-corrected chi connectivity index (χ4v) is 2.54. The standard InChI is InChI=1S/C12H16N2.2BrH/c1-3-9-7-12-10(4-2-6-14-12)8-11(9)13-5-1;;/h1,3,13-14H,2,4-8H2;2*1H. The predicted molar refractivity (Wildman–Crippen MR) is 78.3 cm³/mol. The van der Waals surface area contributed by atoms with Crippen molar-refractivity contribution in [1.29, 1.82) is 0 Å².